The van der Waals surface area contributed by atoms with Crippen LogP contribution in [0.1, 0.15) is 74.9 Å². The standard InChI is InChI=1S/C61H49NO/c1-59(2,3)42-29-33-45-46-34-30-43(60(4,5)6)37-52(46)61(51(45)36-42)49-19-11-9-17-47(49)57-50(61)20-13-21-53(57)62(54-22-14-24-56-58(54)48-18-10-12-23-55(48)63-56)44-31-27-39(28-32-44)41-26-25-38-15-7-8-16-40(38)35-41/h7-37H,1-6H3. The van der Waals surface area contributed by atoms with Crippen LogP contribution in [0.15, 0.2) is 192 Å². The molecule has 1 spiro atoms. The number of benzene rings is 9. The number of furan rings is 1. The molecule has 0 fully saturated rings. The van der Waals surface area contributed by atoms with E-state index in [0.717, 1.165) is 39.0 Å². The van der Waals surface area contributed by atoms with Crippen molar-refractivity contribution < 1.29 is 4.42 Å². The fourth-order valence-electron chi connectivity index (χ4n) is 10.9. The Morgan fingerprint density at radius 2 is 1.00 bits per heavy atom. The van der Waals surface area contributed by atoms with Gasteiger partial charge >= 0.3 is 0 Å². The quantitative estimate of drug-likeness (QED) is 0.176. The van der Waals surface area contributed by atoms with E-state index in [-0.39, 0.29) is 10.8 Å². The van der Waals surface area contributed by atoms with Crippen molar-refractivity contribution >= 4 is 49.8 Å². The van der Waals surface area contributed by atoms with Gasteiger partial charge in [-0.25, -0.2) is 0 Å². The molecule has 0 saturated heterocycles. The highest BCUT2D eigenvalue weighted by Gasteiger charge is 2.53. The number of rotatable bonds is 4. The molecule has 0 N–H and O–H groups in total. The van der Waals surface area contributed by atoms with E-state index in [1.165, 1.54) is 77.5 Å². The van der Waals surface area contributed by atoms with E-state index in [4.69, 9.17) is 4.42 Å². The summed E-state index contributed by atoms with van der Waals surface area (Å²) in [6, 6.07) is 70.3. The lowest BCUT2D eigenvalue weighted by Crippen LogP contribution is -2.27. The molecule has 304 valence electrons. The van der Waals surface area contributed by atoms with Crippen LogP contribution in [0.3, 0.4) is 0 Å². The summed E-state index contributed by atoms with van der Waals surface area (Å²) in [5.74, 6) is 0. The Balaban J connectivity index is 1.15. The maximum atomic E-state index is 6.58. The summed E-state index contributed by atoms with van der Waals surface area (Å²) >= 11 is 0. The van der Waals surface area contributed by atoms with Crippen molar-refractivity contribution in [1.82, 2.24) is 0 Å². The van der Waals surface area contributed by atoms with Gasteiger partial charge in [-0.2, -0.15) is 0 Å². The minimum Gasteiger partial charge on any atom is -0.456 e. The highest BCUT2D eigenvalue weighted by molar-refractivity contribution is 6.14. The first kappa shape index (κ1) is 37.6. The van der Waals surface area contributed by atoms with E-state index in [1.54, 1.807) is 0 Å². The van der Waals surface area contributed by atoms with Crippen LogP contribution >= 0.6 is 0 Å². The molecule has 2 aliphatic rings. The van der Waals surface area contributed by atoms with Crippen LogP contribution in [0, 0.1) is 0 Å². The van der Waals surface area contributed by atoms with Crippen LogP contribution in [0.4, 0.5) is 17.1 Å². The first-order chi connectivity index (χ1) is 30.5. The van der Waals surface area contributed by atoms with E-state index in [2.05, 4.69) is 234 Å². The third kappa shape index (κ3) is 5.50. The predicted molar refractivity (Wildman–Crippen MR) is 265 cm³/mol. The third-order valence-electron chi connectivity index (χ3n) is 14.0. The van der Waals surface area contributed by atoms with Gasteiger partial charge in [-0.1, -0.05) is 187 Å². The molecule has 9 aromatic carbocycles. The molecule has 1 aromatic heterocycles. The monoisotopic (exact) mass is 811 g/mol. The van der Waals surface area contributed by atoms with Gasteiger partial charge in [0.25, 0.3) is 0 Å². The van der Waals surface area contributed by atoms with Crippen molar-refractivity contribution in [2.75, 3.05) is 4.90 Å². The lowest BCUT2D eigenvalue weighted by atomic mass is 9.69. The summed E-state index contributed by atoms with van der Waals surface area (Å²) in [5.41, 5.74) is 20.2. The number of hydrogen-bond donors (Lipinski definition) is 0. The lowest BCUT2D eigenvalue weighted by Gasteiger charge is -2.33. The first-order valence-corrected chi connectivity index (χ1v) is 22.3. The molecule has 0 amide bonds. The zero-order valence-corrected chi connectivity index (χ0v) is 36.8. The predicted octanol–water partition coefficient (Wildman–Crippen LogP) is 16.8. The number of anilines is 3. The van der Waals surface area contributed by atoms with Gasteiger partial charge in [0.15, 0.2) is 0 Å². The molecule has 0 bridgehead atoms. The van der Waals surface area contributed by atoms with Gasteiger partial charge in [0.2, 0.25) is 0 Å². The molecule has 0 radical (unpaired) electrons. The average Bonchev–Trinajstić information content (AvgIpc) is 3.93. The molecule has 0 unspecified atom stereocenters. The SMILES string of the molecule is CC(C)(C)c1ccc2c(c1)C1(c3cc(C(C)(C)C)ccc3-2)c2ccccc2-c2c(N(c3ccc(-c4ccc5ccccc5c4)cc3)c3cccc4oc5ccccc5c34)cccc21. The summed E-state index contributed by atoms with van der Waals surface area (Å²) in [5, 5.41) is 4.70. The second-order valence-electron chi connectivity index (χ2n) is 19.7. The fraction of sp³-hybridized carbons (Fsp3) is 0.148. The highest BCUT2D eigenvalue weighted by atomic mass is 16.3. The van der Waals surface area contributed by atoms with E-state index in [0.29, 0.717) is 0 Å². The molecule has 12 rings (SSSR count). The fourth-order valence-corrected chi connectivity index (χ4v) is 10.9. The average molecular weight is 812 g/mol. The van der Waals surface area contributed by atoms with Gasteiger partial charge in [-0.3, -0.25) is 0 Å². The molecule has 0 aliphatic heterocycles. The van der Waals surface area contributed by atoms with Gasteiger partial charge in [0.05, 0.1) is 22.2 Å². The number of fused-ring (bicyclic) bond motifs is 14. The summed E-state index contributed by atoms with van der Waals surface area (Å²) < 4.78 is 6.58. The smallest absolute Gasteiger partial charge is 0.137 e. The minimum atomic E-state index is -0.519. The Bertz CT molecular complexity index is 3410. The normalized spacial score (nSPS) is 13.7. The van der Waals surface area contributed by atoms with Crippen LogP contribution in [-0.2, 0) is 16.2 Å². The molecular weight excluding hydrogens is 763 g/mol. The first-order valence-electron chi connectivity index (χ1n) is 22.3. The lowest BCUT2D eigenvalue weighted by molar-refractivity contribution is 0.586. The Morgan fingerprint density at radius 3 is 1.73 bits per heavy atom. The van der Waals surface area contributed by atoms with Gasteiger partial charge in [0.1, 0.15) is 11.2 Å². The van der Waals surface area contributed by atoms with Crippen molar-refractivity contribution in [1.29, 1.82) is 0 Å². The van der Waals surface area contributed by atoms with E-state index in [1.807, 2.05) is 0 Å². The third-order valence-corrected chi connectivity index (χ3v) is 14.0. The van der Waals surface area contributed by atoms with E-state index < -0.39 is 5.41 Å². The topological polar surface area (TPSA) is 16.4 Å². The van der Waals surface area contributed by atoms with Crippen molar-refractivity contribution in [3.63, 3.8) is 0 Å². The number of hydrogen-bond acceptors (Lipinski definition) is 2. The zero-order chi connectivity index (χ0) is 42.8. The molecule has 2 heteroatoms. The summed E-state index contributed by atoms with van der Waals surface area (Å²) in [6.45, 7) is 14.0. The van der Waals surface area contributed by atoms with Gasteiger partial charge in [-0.15, -0.1) is 0 Å². The maximum absolute atomic E-state index is 6.58. The Kier molecular flexibility index (Phi) is 8.01. The van der Waals surface area contributed by atoms with Crippen molar-refractivity contribution in [3.8, 4) is 33.4 Å². The van der Waals surface area contributed by atoms with Crippen LogP contribution in [0.2, 0.25) is 0 Å². The van der Waals surface area contributed by atoms with Crippen LogP contribution < -0.4 is 4.90 Å². The molecule has 10 aromatic rings. The highest BCUT2D eigenvalue weighted by Crippen LogP contribution is 2.65. The van der Waals surface area contributed by atoms with E-state index in [9.17, 15) is 0 Å². The zero-order valence-electron chi connectivity index (χ0n) is 36.8. The molecule has 2 nitrogen and oxygen atoms in total. The minimum absolute atomic E-state index is 0.0216. The number of nitrogens with zero attached hydrogens (tertiary/aromatic N) is 1. The van der Waals surface area contributed by atoms with Crippen LogP contribution in [-0.4, -0.2) is 0 Å². The van der Waals surface area contributed by atoms with Crippen LogP contribution in [0.5, 0.6) is 0 Å². The van der Waals surface area contributed by atoms with Crippen LogP contribution in [0.25, 0.3) is 66.1 Å². The molecule has 0 atom stereocenters. The summed E-state index contributed by atoms with van der Waals surface area (Å²) in [4.78, 5) is 2.50. The summed E-state index contributed by atoms with van der Waals surface area (Å²) in [6.07, 6.45) is 0. The number of para-hydroxylation sites is 1. The molecule has 1 heterocycles. The van der Waals surface area contributed by atoms with Gasteiger partial charge in [-0.05, 0) is 125 Å². The molecule has 63 heavy (non-hydrogen) atoms. The van der Waals surface area contributed by atoms with Crippen molar-refractivity contribution in [2.24, 2.45) is 0 Å². The Hall–Kier alpha value is -7.16. The second kappa shape index (κ2) is 13.4. The molecule has 0 saturated carbocycles. The Labute approximate surface area is 370 Å². The van der Waals surface area contributed by atoms with Gasteiger partial charge in [0, 0.05) is 16.6 Å². The van der Waals surface area contributed by atoms with Crippen molar-refractivity contribution in [3.05, 3.63) is 221 Å². The van der Waals surface area contributed by atoms with E-state index >= 15 is 0 Å². The van der Waals surface area contributed by atoms with Gasteiger partial charge < -0.3 is 9.32 Å². The largest absolute Gasteiger partial charge is 0.456 e. The summed E-state index contributed by atoms with van der Waals surface area (Å²) in [7, 11) is 0. The van der Waals surface area contributed by atoms with Crippen molar-refractivity contribution in [2.45, 2.75) is 57.8 Å². The second-order valence-corrected chi connectivity index (χ2v) is 19.7. The Morgan fingerprint density at radius 1 is 0.413 bits per heavy atom. The molecular formula is C61H49NO. The maximum Gasteiger partial charge on any atom is 0.137 e. The molecule has 2 aliphatic carbocycles.